The van der Waals surface area contributed by atoms with Gasteiger partial charge in [0.2, 0.25) is 6.23 Å². The van der Waals surface area contributed by atoms with Crippen molar-refractivity contribution in [2.45, 2.75) is 18.7 Å². The van der Waals surface area contributed by atoms with Crippen LogP contribution in [0.4, 0.5) is 0 Å². The molecule has 0 unspecified atom stereocenters. The summed E-state index contributed by atoms with van der Waals surface area (Å²) in [5.41, 5.74) is 4.35. The normalized spacial score (nSPS) is 20.1. The molecule has 3 aromatic carbocycles. The predicted octanol–water partition coefficient (Wildman–Crippen LogP) is 5.70. The zero-order valence-corrected chi connectivity index (χ0v) is 17.0. The van der Waals surface area contributed by atoms with Gasteiger partial charge in [-0.3, -0.25) is 0 Å². The summed E-state index contributed by atoms with van der Waals surface area (Å²) in [5.74, 6) is 1.71. The molecule has 0 saturated carbocycles. The van der Waals surface area contributed by atoms with Crippen LogP contribution in [0.1, 0.15) is 35.4 Å². The highest BCUT2D eigenvalue weighted by Crippen LogP contribution is 2.48. The first-order valence-corrected chi connectivity index (χ1v) is 10.0. The third kappa shape index (κ3) is 2.87. The van der Waals surface area contributed by atoms with Gasteiger partial charge in [-0.25, -0.2) is 5.01 Å². The maximum absolute atomic E-state index is 6.41. The lowest BCUT2D eigenvalue weighted by molar-refractivity contribution is -0.0203. The first-order chi connectivity index (χ1) is 13.7. The summed E-state index contributed by atoms with van der Waals surface area (Å²) >= 11 is 3.51. The Balaban J connectivity index is 1.61. The molecular weight excluding hydrogens is 416 g/mol. The Kier molecular flexibility index (Phi) is 4.32. The van der Waals surface area contributed by atoms with E-state index in [1.54, 1.807) is 7.11 Å². The summed E-state index contributed by atoms with van der Waals surface area (Å²) in [6, 6.07) is 24.7. The van der Waals surface area contributed by atoms with E-state index in [9.17, 15) is 0 Å². The third-order valence-electron chi connectivity index (χ3n) is 5.28. The summed E-state index contributed by atoms with van der Waals surface area (Å²) < 4.78 is 13.1. The number of benzene rings is 3. The Bertz CT molecular complexity index is 1050. The number of hydrogen-bond donors (Lipinski definition) is 0. The van der Waals surface area contributed by atoms with Gasteiger partial charge in [-0.2, -0.15) is 5.10 Å². The van der Waals surface area contributed by atoms with Crippen molar-refractivity contribution in [3.8, 4) is 11.5 Å². The molecule has 3 aromatic rings. The summed E-state index contributed by atoms with van der Waals surface area (Å²) in [4.78, 5) is 0. The zero-order chi connectivity index (χ0) is 19.1. The predicted molar refractivity (Wildman–Crippen MR) is 113 cm³/mol. The van der Waals surface area contributed by atoms with Crippen molar-refractivity contribution in [1.29, 1.82) is 0 Å². The summed E-state index contributed by atoms with van der Waals surface area (Å²) in [6.07, 6.45) is 0.511. The molecule has 0 aliphatic carbocycles. The molecule has 0 saturated heterocycles. The maximum Gasteiger partial charge on any atom is 0.217 e. The van der Waals surface area contributed by atoms with E-state index in [2.05, 4.69) is 57.3 Å². The van der Waals surface area contributed by atoms with E-state index < -0.39 is 0 Å². The van der Waals surface area contributed by atoms with Crippen molar-refractivity contribution in [2.24, 2.45) is 5.10 Å². The van der Waals surface area contributed by atoms with E-state index in [1.165, 1.54) is 5.56 Å². The first-order valence-electron chi connectivity index (χ1n) is 9.25. The number of hydrazone groups is 1. The molecule has 5 rings (SSSR count). The lowest BCUT2D eigenvalue weighted by Crippen LogP contribution is -2.33. The largest absolute Gasteiger partial charge is 0.496 e. The molecule has 0 aromatic heterocycles. The number of hydrogen-bond acceptors (Lipinski definition) is 4. The molecule has 2 atom stereocenters. The van der Waals surface area contributed by atoms with Crippen LogP contribution in [0.15, 0.2) is 82.4 Å². The molecule has 140 valence electrons. The van der Waals surface area contributed by atoms with Crippen LogP contribution in [0, 0.1) is 0 Å². The van der Waals surface area contributed by atoms with Gasteiger partial charge in [-0.15, -0.1) is 0 Å². The minimum Gasteiger partial charge on any atom is -0.496 e. The van der Waals surface area contributed by atoms with Crippen LogP contribution in [0.2, 0.25) is 0 Å². The average molecular weight is 435 g/mol. The molecule has 2 aliphatic rings. The zero-order valence-electron chi connectivity index (χ0n) is 15.4. The summed E-state index contributed by atoms with van der Waals surface area (Å²) in [5, 5.41) is 7.08. The second-order valence-corrected chi connectivity index (χ2v) is 7.82. The highest BCUT2D eigenvalue weighted by atomic mass is 79.9. The van der Waals surface area contributed by atoms with Crippen LogP contribution in [-0.4, -0.2) is 17.8 Å². The van der Waals surface area contributed by atoms with E-state index in [4.69, 9.17) is 14.6 Å². The second kappa shape index (κ2) is 6.99. The topological polar surface area (TPSA) is 34.1 Å². The average Bonchev–Trinajstić information content (AvgIpc) is 3.19. The molecule has 0 spiro atoms. The third-order valence-corrected chi connectivity index (χ3v) is 5.81. The van der Waals surface area contributed by atoms with Gasteiger partial charge in [0, 0.05) is 16.5 Å². The van der Waals surface area contributed by atoms with Gasteiger partial charge < -0.3 is 9.47 Å². The number of nitrogens with zero attached hydrogens (tertiary/aromatic N) is 2. The smallest absolute Gasteiger partial charge is 0.217 e. The van der Waals surface area contributed by atoms with Gasteiger partial charge in [0.15, 0.2) is 0 Å². The van der Waals surface area contributed by atoms with Gasteiger partial charge in [0.1, 0.15) is 11.5 Å². The molecule has 2 aliphatic heterocycles. The Morgan fingerprint density at radius 3 is 2.46 bits per heavy atom. The Morgan fingerprint density at radius 2 is 1.68 bits per heavy atom. The number of para-hydroxylation sites is 2. The molecule has 2 heterocycles. The lowest BCUT2D eigenvalue weighted by atomic mass is 9.96. The fourth-order valence-electron chi connectivity index (χ4n) is 3.93. The number of ether oxygens (including phenoxy) is 2. The molecule has 4 nitrogen and oxygen atoms in total. The summed E-state index contributed by atoms with van der Waals surface area (Å²) in [6.45, 7) is 0. The maximum atomic E-state index is 6.41. The highest BCUT2D eigenvalue weighted by Gasteiger charge is 2.41. The van der Waals surface area contributed by atoms with Crippen molar-refractivity contribution in [3.05, 3.63) is 94.0 Å². The molecule has 0 amide bonds. The Hall–Kier alpha value is -2.79. The van der Waals surface area contributed by atoms with Crippen LogP contribution in [0.25, 0.3) is 0 Å². The minimum atomic E-state index is -0.330. The Labute approximate surface area is 172 Å². The monoisotopic (exact) mass is 434 g/mol. The van der Waals surface area contributed by atoms with Crippen molar-refractivity contribution < 1.29 is 9.47 Å². The first kappa shape index (κ1) is 17.3. The van der Waals surface area contributed by atoms with Crippen molar-refractivity contribution in [1.82, 2.24) is 5.01 Å². The van der Waals surface area contributed by atoms with Gasteiger partial charge in [0.05, 0.1) is 24.4 Å². The van der Waals surface area contributed by atoms with E-state index in [-0.39, 0.29) is 12.3 Å². The molecule has 0 radical (unpaired) electrons. The van der Waals surface area contributed by atoms with E-state index >= 15 is 0 Å². The van der Waals surface area contributed by atoms with Crippen LogP contribution >= 0.6 is 15.9 Å². The standard InChI is InChI=1S/C23H19BrN2O2/c1-27-21-8-4-3-7-18(21)23-26-20(17-6-2-5-9-22(17)28-23)14-19(25-26)15-10-12-16(24)13-11-15/h2-13,20,23H,14H2,1H3/t20-,23+/m1/s1. The molecular formula is C23H19BrN2O2. The number of rotatable bonds is 3. The van der Waals surface area contributed by atoms with Crippen LogP contribution in [0.5, 0.6) is 11.5 Å². The molecule has 0 bridgehead atoms. The van der Waals surface area contributed by atoms with E-state index in [1.807, 2.05) is 36.4 Å². The molecule has 5 heteroatoms. The number of halogens is 1. The van der Waals surface area contributed by atoms with Crippen LogP contribution in [0.3, 0.4) is 0 Å². The van der Waals surface area contributed by atoms with E-state index in [0.29, 0.717) is 0 Å². The fourth-order valence-corrected chi connectivity index (χ4v) is 4.19. The molecule has 28 heavy (non-hydrogen) atoms. The van der Waals surface area contributed by atoms with Crippen LogP contribution in [-0.2, 0) is 0 Å². The lowest BCUT2D eigenvalue weighted by Gasteiger charge is -2.38. The minimum absolute atomic E-state index is 0.138. The van der Waals surface area contributed by atoms with Gasteiger partial charge >= 0.3 is 0 Å². The SMILES string of the molecule is COc1ccccc1[C@@H]1Oc2ccccc2[C@H]2CC(c3ccc(Br)cc3)=NN21. The van der Waals surface area contributed by atoms with Crippen molar-refractivity contribution in [2.75, 3.05) is 7.11 Å². The highest BCUT2D eigenvalue weighted by molar-refractivity contribution is 9.10. The van der Waals surface area contributed by atoms with Crippen molar-refractivity contribution in [3.63, 3.8) is 0 Å². The van der Waals surface area contributed by atoms with Crippen molar-refractivity contribution >= 4 is 21.6 Å². The quantitative estimate of drug-likeness (QED) is 0.529. The molecule has 0 N–H and O–H groups in total. The fraction of sp³-hybridized carbons (Fsp3) is 0.174. The van der Waals surface area contributed by atoms with E-state index in [0.717, 1.165) is 39.2 Å². The molecule has 0 fully saturated rings. The number of fused-ring (bicyclic) bond motifs is 3. The van der Waals surface area contributed by atoms with Gasteiger partial charge in [-0.05, 0) is 35.9 Å². The van der Waals surface area contributed by atoms with Gasteiger partial charge in [0.25, 0.3) is 0 Å². The Morgan fingerprint density at radius 1 is 0.964 bits per heavy atom. The van der Waals surface area contributed by atoms with Crippen LogP contribution < -0.4 is 9.47 Å². The second-order valence-electron chi connectivity index (χ2n) is 6.90. The number of methoxy groups -OCH3 is 1. The van der Waals surface area contributed by atoms with Gasteiger partial charge in [-0.1, -0.05) is 58.4 Å². The summed E-state index contributed by atoms with van der Waals surface area (Å²) in [7, 11) is 1.69.